The molecule has 0 rings (SSSR count). The summed E-state index contributed by atoms with van der Waals surface area (Å²) in [5.74, 6) is -0.607. The van der Waals surface area contributed by atoms with Crippen LogP contribution in [0.1, 0.15) is 155 Å². The Kier molecular flexibility index (Phi) is 28.4. The lowest BCUT2D eigenvalue weighted by Crippen LogP contribution is -2.53. The molecule has 0 fully saturated rings. The van der Waals surface area contributed by atoms with E-state index in [-0.39, 0.29) is 0 Å². The second kappa shape index (κ2) is 29.3. The standard InChI is InChI=1S/C34H65NO5/c1-3-5-7-9-11-13-14-15-16-17-18-20-22-24-26-28-32(38)34(40)35-30(29-36)33(39)31(37)27-25-23-21-19-12-10-8-6-4-2/h16-17,19,21,30-33,36-39H,3-15,18,20,22-29H2,1-2H3,(H,35,40)/b17-16-,21-19+. The smallest absolute Gasteiger partial charge is 0.249 e. The molecule has 6 heteroatoms. The van der Waals surface area contributed by atoms with Crippen molar-refractivity contribution < 1.29 is 25.2 Å². The minimum absolute atomic E-state index is 0.349. The van der Waals surface area contributed by atoms with Gasteiger partial charge < -0.3 is 25.7 Å². The molecule has 40 heavy (non-hydrogen) atoms. The number of aliphatic hydroxyl groups excluding tert-OH is 4. The number of unbranched alkanes of at least 4 members (excludes halogenated alkanes) is 16. The molecule has 0 aliphatic rings. The number of aliphatic hydroxyl groups is 4. The zero-order valence-corrected chi connectivity index (χ0v) is 26.1. The van der Waals surface area contributed by atoms with Gasteiger partial charge >= 0.3 is 0 Å². The molecule has 0 aromatic heterocycles. The summed E-state index contributed by atoms with van der Waals surface area (Å²) < 4.78 is 0. The van der Waals surface area contributed by atoms with Crippen molar-refractivity contribution in [2.75, 3.05) is 6.61 Å². The first kappa shape index (κ1) is 38.8. The van der Waals surface area contributed by atoms with Crippen LogP contribution >= 0.6 is 0 Å². The molecule has 0 aromatic rings. The Morgan fingerprint density at radius 1 is 0.600 bits per heavy atom. The third kappa shape index (κ3) is 23.5. The Hall–Kier alpha value is -1.21. The molecule has 4 atom stereocenters. The highest BCUT2D eigenvalue weighted by atomic mass is 16.3. The van der Waals surface area contributed by atoms with Gasteiger partial charge in [-0.15, -0.1) is 0 Å². The van der Waals surface area contributed by atoms with E-state index in [1.807, 2.05) is 0 Å². The molecule has 6 nitrogen and oxygen atoms in total. The van der Waals surface area contributed by atoms with E-state index in [0.717, 1.165) is 44.9 Å². The molecule has 1 amide bonds. The second-order valence-electron chi connectivity index (χ2n) is 11.5. The normalized spacial score (nSPS) is 15.1. The predicted molar refractivity (Wildman–Crippen MR) is 168 cm³/mol. The van der Waals surface area contributed by atoms with Gasteiger partial charge in [-0.2, -0.15) is 0 Å². The van der Waals surface area contributed by atoms with E-state index in [0.29, 0.717) is 19.3 Å². The maximum Gasteiger partial charge on any atom is 0.249 e. The molecule has 5 N–H and O–H groups in total. The van der Waals surface area contributed by atoms with Crippen molar-refractivity contribution >= 4 is 5.91 Å². The van der Waals surface area contributed by atoms with Gasteiger partial charge in [-0.1, -0.05) is 115 Å². The van der Waals surface area contributed by atoms with Gasteiger partial charge in [0.05, 0.1) is 18.8 Å². The summed E-state index contributed by atoms with van der Waals surface area (Å²) in [5.41, 5.74) is 0. The van der Waals surface area contributed by atoms with Gasteiger partial charge in [-0.3, -0.25) is 4.79 Å². The number of allylic oxidation sites excluding steroid dienone is 4. The van der Waals surface area contributed by atoms with Gasteiger partial charge in [0.25, 0.3) is 0 Å². The molecule has 0 heterocycles. The summed E-state index contributed by atoms with van der Waals surface area (Å²) in [7, 11) is 0. The summed E-state index contributed by atoms with van der Waals surface area (Å²) in [6.07, 6.45) is 29.2. The van der Waals surface area contributed by atoms with E-state index in [4.69, 9.17) is 0 Å². The molecular weight excluding hydrogens is 502 g/mol. The van der Waals surface area contributed by atoms with Crippen molar-refractivity contribution in [1.82, 2.24) is 5.32 Å². The molecule has 236 valence electrons. The zero-order chi connectivity index (χ0) is 29.7. The first-order chi connectivity index (χ1) is 19.5. The highest BCUT2D eigenvalue weighted by Crippen LogP contribution is 2.13. The van der Waals surface area contributed by atoms with E-state index >= 15 is 0 Å². The fourth-order valence-electron chi connectivity index (χ4n) is 4.87. The lowest BCUT2D eigenvalue weighted by Gasteiger charge is -2.27. The summed E-state index contributed by atoms with van der Waals surface area (Å²) in [4.78, 5) is 12.4. The van der Waals surface area contributed by atoms with Crippen LogP contribution in [-0.4, -0.2) is 57.3 Å². The van der Waals surface area contributed by atoms with Gasteiger partial charge in [0, 0.05) is 0 Å². The number of carbonyl (C=O) groups excluding carboxylic acids is 1. The van der Waals surface area contributed by atoms with Crippen LogP contribution in [0.2, 0.25) is 0 Å². The zero-order valence-electron chi connectivity index (χ0n) is 26.1. The predicted octanol–water partition coefficient (Wildman–Crippen LogP) is 7.28. The third-order valence-electron chi connectivity index (χ3n) is 7.63. The number of rotatable bonds is 29. The second-order valence-corrected chi connectivity index (χ2v) is 11.5. The quantitative estimate of drug-likeness (QED) is 0.0482. The van der Waals surface area contributed by atoms with E-state index in [1.54, 1.807) is 0 Å². The van der Waals surface area contributed by atoms with Gasteiger partial charge in [-0.05, 0) is 64.2 Å². The molecule has 0 radical (unpaired) electrons. The summed E-state index contributed by atoms with van der Waals surface area (Å²) >= 11 is 0. The topological polar surface area (TPSA) is 110 Å². The van der Waals surface area contributed by atoms with Gasteiger partial charge in [0.1, 0.15) is 12.2 Å². The van der Waals surface area contributed by atoms with Gasteiger partial charge in [-0.25, -0.2) is 0 Å². The lowest BCUT2D eigenvalue weighted by atomic mass is 10.00. The monoisotopic (exact) mass is 567 g/mol. The third-order valence-corrected chi connectivity index (χ3v) is 7.63. The number of hydrogen-bond acceptors (Lipinski definition) is 5. The minimum atomic E-state index is -1.28. The molecule has 0 saturated heterocycles. The van der Waals surface area contributed by atoms with E-state index in [9.17, 15) is 25.2 Å². The Balaban J connectivity index is 3.91. The Morgan fingerprint density at radius 3 is 1.52 bits per heavy atom. The number of carbonyl (C=O) groups is 1. The van der Waals surface area contributed by atoms with Crippen LogP contribution in [-0.2, 0) is 4.79 Å². The fraction of sp³-hybridized carbons (Fsp3) is 0.853. The van der Waals surface area contributed by atoms with Crippen LogP contribution in [0.3, 0.4) is 0 Å². The van der Waals surface area contributed by atoms with Crippen molar-refractivity contribution in [3.63, 3.8) is 0 Å². The summed E-state index contributed by atoms with van der Waals surface area (Å²) in [5, 5.41) is 43.1. The number of hydrogen-bond donors (Lipinski definition) is 5. The minimum Gasteiger partial charge on any atom is -0.394 e. The average molecular weight is 568 g/mol. The molecule has 4 unspecified atom stereocenters. The Bertz CT molecular complexity index is 609. The molecule has 0 aliphatic heterocycles. The number of nitrogens with one attached hydrogen (secondary N) is 1. The highest BCUT2D eigenvalue weighted by Gasteiger charge is 2.28. The fourth-order valence-corrected chi connectivity index (χ4v) is 4.87. The van der Waals surface area contributed by atoms with Gasteiger partial charge in [0.2, 0.25) is 5.91 Å². The van der Waals surface area contributed by atoms with E-state index in [1.165, 1.54) is 77.0 Å². The molecule has 0 spiro atoms. The first-order valence-electron chi connectivity index (χ1n) is 16.7. The van der Waals surface area contributed by atoms with E-state index < -0.39 is 36.9 Å². The maximum atomic E-state index is 12.4. The first-order valence-corrected chi connectivity index (χ1v) is 16.7. The molecule has 0 saturated carbocycles. The van der Waals surface area contributed by atoms with Crippen LogP contribution in [0.25, 0.3) is 0 Å². The maximum absolute atomic E-state index is 12.4. The average Bonchev–Trinajstić information content (AvgIpc) is 2.96. The molecular formula is C34H65NO5. The van der Waals surface area contributed by atoms with Crippen molar-refractivity contribution in [2.24, 2.45) is 0 Å². The van der Waals surface area contributed by atoms with Gasteiger partial charge in [0.15, 0.2) is 0 Å². The Morgan fingerprint density at radius 2 is 1.02 bits per heavy atom. The van der Waals surface area contributed by atoms with Crippen molar-refractivity contribution in [2.45, 2.75) is 179 Å². The van der Waals surface area contributed by atoms with Crippen molar-refractivity contribution in [1.29, 1.82) is 0 Å². The molecule has 0 aliphatic carbocycles. The SMILES string of the molecule is CCCCCC/C=C/CCCC(O)C(O)C(CO)NC(=O)C(O)CCCCCC/C=C\CCCCCCCCC. The summed E-state index contributed by atoms with van der Waals surface area (Å²) in [6, 6.07) is -1.00. The largest absolute Gasteiger partial charge is 0.394 e. The van der Waals surface area contributed by atoms with Crippen LogP contribution in [0.15, 0.2) is 24.3 Å². The van der Waals surface area contributed by atoms with Crippen LogP contribution in [0, 0.1) is 0 Å². The lowest BCUT2D eigenvalue weighted by molar-refractivity contribution is -0.132. The van der Waals surface area contributed by atoms with Crippen molar-refractivity contribution in [3.05, 3.63) is 24.3 Å². The Labute approximate surface area is 246 Å². The van der Waals surface area contributed by atoms with Crippen molar-refractivity contribution in [3.8, 4) is 0 Å². The van der Waals surface area contributed by atoms with E-state index in [2.05, 4.69) is 43.5 Å². The summed E-state index contributed by atoms with van der Waals surface area (Å²) in [6.45, 7) is 3.95. The van der Waals surface area contributed by atoms with Crippen LogP contribution in [0.4, 0.5) is 0 Å². The van der Waals surface area contributed by atoms with Crippen LogP contribution in [0.5, 0.6) is 0 Å². The number of amides is 1. The van der Waals surface area contributed by atoms with Crippen LogP contribution < -0.4 is 5.32 Å². The molecule has 0 bridgehead atoms. The molecule has 0 aromatic carbocycles. The highest BCUT2D eigenvalue weighted by molar-refractivity contribution is 5.80.